The second-order valence-electron chi connectivity index (χ2n) is 4.18. The lowest BCUT2D eigenvalue weighted by atomic mass is 10.2. The molecular formula is C15H21N3O. The van der Waals surface area contributed by atoms with E-state index in [0.29, 0.717) is 13.0 Å². The summed E-state index contributed by atoms with van der Waals surface area (Å²) in [6.07, 6.45) is 2.25. The SMILES string of the molecule is C=CCN=C(C)N(C)c1ccc(NC(=O)CC)cc1. The predicted octanol–water partition coefficient (Wildman–Crippen LogP) is 3.08. The Morgan fingerprint density at radius 3 is 2.58 bits per heavy atom. The Kier molecular flexibility index (Phi) is 5.79. The summed E-state index contributed by atoms with van der Waals surface area (Å²) < 4.78 is 0. The fraction of sp³-hybridized carbons (Fsp3) is 0.333. The molecule has 19 heavy (non-hydrogen) atoms. The summed E-state index contributed by atoms with van der Waals surface area (Å²) in [7, 11) is 1.96. The molecule has 0 aromatic heterocycles. The molecule has 0 saturated heterocycles. The number of rotatable bonds is 5. The molecule has 0 aliphatic heterocycles. The van der Waals surface area contributed by atoms with Gasteiger partial charge in [-0.1, -0.05) is 13.0 Å². The van der Waals surface area contributed by atoms with Gasteiger partial charge in [-0.05, 0) is 31.2 Å². The number of amidine groups is 1. The highest BCUT2D eigenvalue weighted by Crippen LogP contribution is 2.17. The van der Waals surface area contributed by atoms with Crippen LogP contribution >= 0.6 is 0 Å². The summed E-state index contributed by atoms with van der Waals surface area (Å²) in [5.41, 5.74) is 1.84. The average Bonchev–Trinajstić information content (AvgIpc) is 2.44. The van der Waals surface area contributed by atoms with Crippen molar-refractivity contribution in [2.45, 2.75) is 20.3 Å². The van der Waals surface area contributed by atoms with Crippen LogP contribution in [0.15, 0.2) is 41.9 Å². The number of hydrogen-bond donors (Lipinski definition) is 1. The topological polar surface area (TPSA) is 44.7 Å². The van der Waals surface area contributed by atoms with Crippen LogP contribution in [0, 0.1) is 0 Å². The molecule has 1 aromatic rings. The monoisotopic (exact) mass is 259 g/mol. The Morgan fingerprint density at radius 2 is 2.05 bits per heavy atom. The Labute approximate surface area is 114 Å². The van der Waals surface area contributed by atoms with Crippen LogP contribution in [-0.2, 0) is 4.79 Å². The van der Waals surface area contributed by atoms with Crippen molar-refractivity contribution in [2.75, 3.05) is 23.8 Å². The first kappa shape index (κ1) is 15.0. The van der Waals surface area contributed by atoms with Crippen LogP contribution < -0.4 is 10.2 Å². The molecule has 0 atom stereocenters. The van der Waals surface area contributed by atoms with Crippen LogP contribution in [0.1, 0.15) is 20.3 Å². The van der Waals surface area contributed by atoms with Crippen molar-refractivity contribution >= 4 is 23.1 Å². The first-order chi connectivity index (χ1) is 9.08. The molecule has 1 N–H and O–H groups in total. The zero-order valence-electron chi connectivity index (χ0n) is 11.8. The second kappa shape index (κ2) is 7.36. The van der Waals surface area contributed by atoms with E-state index in [4.69, 9.17) is 0 Å². The second-order valence-corrected chi connectivity index (χ2v) is 4.18. The maximum absolute atomic E-state index is 11.3. The number of aliphatic imine (C=N–C) groups is 1. The molecule has 4 heteroatoms. The Balaban J connectivity index is 2.75. The number of amides is 1. The number of carbonyl (C=O) groups is 1. The van der Waals surface area contributed by atoms with Gasteiger partial charge in [-0.2, -0.15) is 0 Å². The van der Waals surface area contributed by atoms with Crippen LogP contribution in [0.25, 0.3) is 0 Å². The molecule has 0 heterocycles. The fourth-order valence-corrected chi connectivity index (χ4v) is 1.51. The van der Waals surface area contributed by atoms with Crippen molar-refractivity contribution < 1.29 is 4.79 Å². The summed E-state index contributed by atoms with van der Waals surface area (Å²) in [5, 5.41) is 2.82. The van der Waals surface area contributed by atoms with Crippen molar-refractivity contribution in [3.63, 3.8) is 0 Å². The molecule has 102 valence electrons. The van der Waals surface area contributed by atoms with Gasteiger partial charge in [0.15, 0.2) is 0 Å². The Hall–Kier alpha value is -2.10. The van der Waals surface area contributed by atoms with Gasteiger partial charge in [0, 0.05) is 24.8 Å². The maximum Gasteiger partial charge on any atom is 0.224 e. The lowest BCUT2D eigenvalue weighted by Gasteiger charge is -2.19. The molecule has 0 radical (unpaired) electrons. The van der Waals surface area contributed by atoms with Gasteiger partial charge in [0.2, 0.25) is 5.91 Å². The molecule has 0 aliphatic rings. The summed E-state index contributed by atoms with van der Waals surface area (Å²) in [4.78, 5) is 17.6. The minimum atomic E-state index is 0.0184. The van der Waals surface area contributed by atoms with E-state index in [-0.39, 0.29) is 5.91 Å². The molecule has 4 nitrogen and oxygen atoms in total. The third-order valence-corrected chi connectivity index (χ3v) is 2.79. The van der Waals surface area contributed by atoms with Crippen LogP contribution in [0.2, 0.25) is 0 Å². The smallest absolute Gasteiger partial charge is 0.224 e. The van der Waals surface area contributed by atoms with E-state index in [0.717, 1.165) is 17.2 Å². The van der Waals surface area contributed by atoms with Crippen molar-refractivity contribution in [3.05, 3.63) is 36.9 Å². The van der Waals surface area contributed by atoms with Gasteiger partial charge in [-0.15, -0.1) is 6.58 Å². The summed E-state index contributed by atoms with van der Waals surface area (Å²) in [5.74, 6) is 0.940. The molecule has 0 spiro atoms. The van der Waals surface area contributed by atoms with Gasteiger partial charge < -0.3 is 10.2 Å². The third kappa shape index (κ3) is 4.58. The highest BCUT2D eigenvalue weighted by atomic mass is 16.1. The van der Waals surface area contributed by atoms with Gasteiger partial charge >= 0.3 is 0 Å². The molecule has 1 aromatic carbocycles. The summed E-state index contributed by atoms with van der Waals surface area (Å²) >= 11 is 0. The number of nitrogens with zero attached hydrogens (tertiary/aromatic N) is 2. The van der Waals surface area contributed by atoms with E-state index in [9.17, 15) is 4.79 Å². The summed E-state index contributed by atoms with van der Waals surface area (Å²) in [6.45, 7) is 8.04. The first-order valence-corrected chi connectivity index (χ1v) is 6.34. The van der Waals surface area contributed by atoms with Crippen LogP contribution in [0.3, 0.4) is 0 Å². The lowest BCUT2D eigenvalue weighted by molar-refractivity contribution is -0.115. The molecule has 0 saturated carbocycles. The van der Waals surface area contributed by atoms with Gasteiger partial charge in [-0.3, -0.25) is 9.79 Å². The van der Waals surface area contributed by atoms with Gasteiger partial charge in [-0.25, -0.2) is 0 Å². The molecule has 0 bridgehead atoms. The Morgan fingerprint density at radius 1 is 1.42 bits per heavy atom. The van der Waals surface area contributed by atoms with Gasteiger partial charge in [0.05, 0.1) is 6.54 Å². The van der Waals surface area contributed by atoms with E-state index in [1.807, 2.05) is 50.1 Å². The van der Waals surface area contributed by atoms with Crippen molar-refractivity contribution in [3.8, 4) is 0 Å². The van der Waals surface area contributed by atoms with E-state index < -0.39 is 0 Å². The standard InChI is InChI=1S/C15H21N3O/c1-5-11-16-12(3)18(4)14-9-7-13(8-10-14)17-15(19)6-2/h5,7-10H,1,6,11H2,2-4H3,(H,17,19). The first-order valence-electron chi connectivity index (χ1n) is 6.34. The number of benzene rings is 1. The van der Waals surface area contributed by atoms with E-state index in [2.05, 4.69) is 16.9 Å². The van der Waals surface area contributed by atoms with Crippen molar-refractivity contribution in [1.82, 2.24) is 0 Å². The lowest BCUT2D eigenvalue weighted by Crippen LogP contribution is -2.23. The zero-order chi connectivity index (χ0) is 14.3. The molecular weight excluding hydrogens is 238 g/mol. The largest absolute Gasteiger partial charge is 0.333 e. The third-order valence-electron chi connectivity index (χ3n) is 2.79. The zero-order valence-corrected chi connectivity index (χ0v) is 11.8. The van der Waals surface area contributed by atoms with Crippen LogP contribution in [0.5, 0.6) is 0 Å². The number of carbonyl (C=O) groups excluding carboxylic acids is 1. The van der Waals surface area contributed by atoms with Crippen molar-refractivity contribution in [1.29, 1.82) is 0 Å². The van der Waals surface area contributed by atoms with Gasteiger partial charge in [0.1, 0.15) is 5.84 Å². The minimum Gasteiger partial charge on any atom is -0.333 e. The molecule has 1 amide bonds. The molecule has 0 aliphatic carbocycles. The molecule has 0 unspecified atom stereocenters. The fourth-order valence-electron chi connectivity index (χ4n) is 1.51. The number of hydrogen-bond acceptors (Lipinski definition) is 2. The van der Waals surface area contributed by atoms with Gasteiger partial charge in [0.25, 0.3) is 0 Å². The number of nitrogens with one attached hydrogen (secondary N) is 1. The normalized spacial score (nSPS) is 11.0. The van der Waals surface area contributed by atoms with E-state index in [1.54, 1.807) is 6.08 Å². The quantitative estimate of drug-likeness (QED) is 0.502. The van der Waals surface area contributed by atoms with Crippen LogP contribution in [-0.4, -0.2) is 25.3 Å². The highest BCUT2D eigenvalue weighted by molar-refractivity contribution is 5.96. The summed E-state index contributed by atoms with van der Waals surface area (Å²) in [6, 6.07) is 7.69. The van der Waals surface area contributed by atoms with Crippen LogP contribution in [0.4, 0.5) is 11.4 Å². The highest BCUT2D eigenvalue weighted by Gasteiger charge is 2.04. The van der Waals surface area contributed by atoms with E-state index in [1.165, 1.54) is 0 Å². The minimum absolute atomic E-state index is 0.0184. The number of anilines is 2. The Bertz CT molecular complexity index is 463. The molecule has 1 rings (SSSR count). The van der Waals surface area contributed by atoms with E-state index >= 15 is 0 Å². The van der Waals surface area contributed by atoms with Crippen molar-refractivity contribution in [2.24, 2.45) is 4.99 Å². The maximum atomic E-state index is 11.3. The molecule has 0 fully saturated rings. The predicted molar refractivity (Wildman–Crippen MR) is 81.9 cm³/mol. The average molecular weight is 259 g/mol.